The van der Waals surface area contributed by atoms with Crippen LogP contribution in [0.15, 0.2) is 24.3 Å². The lowest BCUT2D eigenvalue weighted by Crippen LogP contribution is -2.37. The molecular weight excluding hydrogens is 303 g/mol. The quantitative estimate of drug-likeness (QED) is 0.840. The summed E-state index contributed by atoms with van der Waals surface area (Å²) in [6.45, 7) is 7.56. The van der Waals surface area contributed by atoms with Crippen molar-refractivity contribution in [3.8, 4) is 0 Å². The van der Waals surface area contributed by atoms with Crippen molar-refractivity contribution in [3.05, 3.63) is 35.6 Å². The number of benzene rings is 1. The van der Waals surface area contributed by atoms with E-state index in [1.807, 2.05) is 4.90 Å². The number of carbonyl (C=O) groups excluding carboxylic acids is 1. The Labute approximate surface area is 144 Å². The van der Waals surface area contributed by atoms with Crippen molar-refractivity contribution in [2.24, 2.45) is 11.8 Å². The van der Waals surface area contributed by atoms with Crippen molar-refractivity contribution in [1.82, 2.24) is 9.80 Å². The van der Waals surface area contributed by atoms with E-state index in [0.717, 1.165) is 31.8 Å². The number of halogens is 1. The van der Waals surface area contributed by atoms with Crippen LogP contribution in [-0.2, 0) is 0 Å². The summed E-state index contributed by atoms with van der Waals surface area (Å²) < 4.78 is 13.3. The lowest BCUT2D eigenvalue weighted by atomic mass is 9.95. The molecular formula is C20H29FN2O. The van der Waals surface area contributed by atoms with Crippen LogP contribution < -0.4 is 0 Å². The summed E-state index contributed by atoms with van der Waals surface area (Å²) in [4.78, 5) is 17.1. The fraction of sp³-hybridized carbons (Fsp3) is 0.650. The Morgan fingerprint density at radius 1 is 1.12 bits per heavy atom. The first kappa shape index (κ1) is 17.4. The van der Waals surface area contributed by atoms with Crippen LogP contribution in [0.5, 0.6) is 0 Å². The number of carbonyl (C=O) groups is 1. The minimum absolute atomic E-state index is 0.0260. The van der Waals surface area contributed by atoms with E-state index in [2.05, 4.69) is 11.8 Å². The minimum atomic E-state index is -0.340. The molecule has 0 spiro atoms. The highest BCUT2D eigenvalue weighted by molar-refractivity contribution is 5.94. The molecule has 132 valence electrons. The van der Waals surface area contributed by atoms with Gasteiger partial charge < -0.3 is 9.80 Å². The van der Waals surface area contributed by atoms with E-state index in [-0.39, 0.29) is 11.7 Å². The molecule has 0 radical (unpaired) electrons. The van der Waals surface area contributed by atoms with Gasteiger partial charge in [-0.05, 0) is 75.2 Å². The summed E-state index contributed by atoms with van der Waals surface area (Å²) in [7, 11) is 0. The second-order valence-corrected chi connectivity index (χ2v) is 7.58. The largest absolute Gasteiger partial charge is 0.339 e. The molecule has 2 heterocycles. The Balaban J connectivity index is 1.52. The van der Waals surface area contributed by atoms with Gasteiger partial charge in [0, 0.05) is 25.2 Å². The Kier molecular flexibility index (Phi) is 5.88. The van der Waals surface area contributed by atoms with Crippen molar-refractivity contribution >= 4 is 5.91 Å². The molecule has 1 aromatic rings. The predicted molar refractivity (Wildman–Crippen MR) is 94.5 cm³/mol. The second-order valence-electron chi connectivity index (χ2n) is 7.58. The molecule has 0 N–H and O–H groups in total. The second kappa shape index (κ2) is 8.11. The lowest BCUT2D eigenvalue weighted by Gasteiger charge is -2.32. The Morgan fingerprint density at radius 3 is 2.67 bits per heavy atom. The van der Waals surface area contributed by atoms with E-state index in [1.54, 1.807) is 12.1 Å². The van der Waals surface area contributed by atoms with Crippen LogP contribution in [-0.4, -0.2) is 48.4 Å². The molecule has 4 heteroatoms. The molecule has 2 saturated heterocycles. The lowest BCUT2D eigenvalue weighted by molar-refractivity contribution is 0.0757. The average molecular weight is 332 g/mol. The summed E-state index contributed by atoms with van der Waals surface area (Å²) in [5.41, 5.74) is 0.471. The molecule has 1 aromatic carbocycles. The van der Waals surface area contributed by atoms with Crippen LogP contribution >= 0.6 is 0 Å². The first-order valence-electron chi connectivity index (χ1n) is 9.39. The molecule has 0 aromatic heterocycles. The first-order chi connectivity index (χ1) is 11.6. The topological polar surface area (TPSA) is 23.6 Å². The molecule has 0 saturated carbocycles. The van der Waals surface area contributed by atoms with Crippen LogP contribution in [0.25, 0.3) is 0 Å². The van der Waals surface area contributed by atoms with Gasteiger partial charge in [-0.3, -0.25) is 4.79 Å². The number of nitrogens with zero attached hydrogens (tertiary/aromatic N) is 2. The molecule has 2 fully saturated rings. The van der Waals surface area contributed by atoms with E-state index in [9.17, 15) is 9.18 Å². The fourth-order valence-electron chi connectivity index (χ4n) is 3.96. The average Bonchev–Trinajstić information content (AvgIpc) is 2.82. The molecule has 1 amide bonds. The number of likely N-dealkylation sites (tertiary alicyclic amines) is 2. The van der Waals surface area contributed by atoms with E-state index >= 15 is 0 Å². The molecule has 2 aliphatic rings. The van der Waals surface area contributed by atoms with Gasteiger partial charge in [0.2, 0.25) is 0 Å². The van der Waals surface area contributed by atoms with Crippen LogP contribution in [0.4, 0.5) is 4.39 Å². The van der Waals surface area contributed by atoms with Gasteiger partial charge in [-0.1, -0.05) is 13.0 Å². The molecule has 0 unspecified atom stereocenters. The zero-order chi connectivity index (χ0) is 16.9. The molecule has 0 aliphatic carbocycles. The summed E-state index contributed by atoms with van der Waals surface area (Å²) in [6.07, 6.45) is 5.94. The molecule has 0 bridgehead atoms. The molecule has 24 heavy (non-hydrogen) atoms. The third-order valence-electron chi connectivity index (χ3n) is 5.60. The van der Waals surface area contributed by atoms with Gasteiger partial charge in [0.15, 0.2) is 0 Å². The standard InChI is InChI=1S/C20H29FN2O/c1-16-7-11-22(12-8-16)15-17-4-3-10-23(13-9-17)20(24)18-5-2-6-19(21)14-18/h2,5-6,14,16-17H,3-4,7-13,15H2,1H3/t17-/m0/s1. The zero-order valence-corrected chi connectivity index (χ0v) is 14.7. The number of rotatable bonds is 3. The SMILES string of the molecule is CC1CCN(C[C@H]2CCCN(C(=O)c3cccc(F)c3)CC2)CC1. The predicted octanol–water partition coefficient (Wildman–Crippen LogP) is 3.80. The third-order valence-corrected chi connectivity index (χ3v) is 5.60. The van der Waals surface area contributed by atoms with Gasteiger partial charge in [-0.15, -0.1) is 0 Å². The molecule has 1 atom stereocenters. The van der Waals surface area contributed by atoms with Crippen LogP contribution in [0.2, 0.25) is 0 Å². The normalized spacial score (nSPS) is 23.9. The van der Waals surface area contributed by atoms with Gasteiger partial charge in [-0.2, -0.15) is 0 Å². The van der Waals surface area contributed by atoms with E-state index in [0.29, 0.717) is 11.5 Å². The van der Waals surface area contributed by atoms with Crippen LogP contribution in [0.3, 0.4) is 0 Å². The highest BCUT2D eigenvalue weighted by atomic mass is 19.1. The van der Waals surface area contributed by atoms with Crippen molar-refractivity contribution in [3.63, 3.8) is 0 Å². The Morgan fingerprint density at radius 2 is 1.92 bits per heavy atom. The molecule has 2 aliphatic heterocycles. The van der Waals surface area contributed by atoms with Crippen LogP contribution in [0, 0.1) is 17.7 Å². The smallest absolute Gasteiger partial charge is 0.253 e. The number of amides is 1. The van der Waals surface area contributed by atoms with Gasteiger partial charge in [0.05, 0.1) is 0 Å². The third kappa shape index (κ3) is 4.56. The molecule has 3 rings (SSSR count). The number of hydrogen-bond donors (Lipinski definition) is 0. The van der Waals surface area contributed by atoms with E-state index < -0.39 is 0 Å². The van der Waals surface area contributed by atoms with Crippen molar-refractivity contribution in [2.75, 3.05) is 32.7 Å². The highest BCUT2D eigenvalue weighted by Crippen LogP contribution is 2.23. The summed E-state index contributed by atoms with van der Waals surface area (Å²) in [5, 5.41) is 0. The van der Waals surface area contributed by atoms with Crippen molar-refractivity contribution in [2.45, 2.75) is 39.0 Å². The number of hydrogen-bond acceptors (Lipinski definition) is 2. The Hall–Kier alpha value is -1.42. The monoisotopic (exact) mass is 332 g/mol. The first-order valence-corrected chi connectivity index (χ1v) is 9.39. The van der Waals surface area contributed by atoms with E-state index in [1.165, 1.54) is 51.0 Å². The highest BCUT2D eigenvalue weighted by Gasteiger charge is 2.24. The fourth-order valence-corrected chi connectivity index (χ4v) is 3.96. The Bertz CT molecular complexity index is 554. The van der Waals surface area contributed by atoms with Crippen LogP contribution in [0.1, 0.15) is 49.4 Å². The summed E-state index contributed by atoms with van der Waals surface area (Å²) in [6, 6.07) is 6.05. The van der Waals surface area contributed by atoms with Gasteiger partial charge in [0.1, 0.15) is 5.82 Å². The summed E-state index contributed by atoms with van der Waals surface area (Å²) >= 11 is 0. The van der Waals surface area contributed by atoms with Gasteiger partial charge in [-0.25, -0.2) is 4.39 Å². The van der Waals surface area contributed by atoms with E-state index in [4.69, 9.17) is 0 Å². The number of piperidine rings is 1. The van der Waals surface area contributed by atoms with Gasteiger partial charge >= 0.3 is 0 Å². The molecule has 3 nitrogen and oxygen atoms in total. The van der Waals surface area contributed by atoms with Crippen molar-refractivity contribution in [1.29, 1.82) is 0 Å². The maximum atomic E-state index is 13.3. The van der Waals surface area contributed by atoms with Crippen molar-refractivity contribution < 1.29 is 9.18 Å². The summed E-state index contributed by atoms with van der Waals surface area (Å²) in [5.74, 6) is 1.19. The maximum absolute atomic E-state index is 13.3. The maximum Gasteiger partial charge on any atom is 0.253 e. The zero-order valence-electron chi connectivity index (χ0n) is 14.7. The van der Waals surface area contributed by atoms with Gasteiger partial charge in [0.25, 0.3) is 5.91 Å². The minimum Gasteiger partial charge on any atom is -0.339 e.